The zero-order valence-corrected chi connectivity index (χ0v) is 21.5. The van der Waals surface area contributed by atoms with Crippen molar-refractivity contribution < 1.29 is 32.7 Å². The van der Waals surface area contributed by atoms with Crippen molar-refractivity contribution in [1.29, 1.82) is 0 Å². The van der Waals surface area contributed by atoms with Crippen LogP contribution in [0.2, 0.25) is 5.02 Å². The molecular weight excluding hydrogens is 551 g/mol. The van der Waals surface area contributed by atoms with E-state index in [2.05, 4.69) is 20.6 Å². The normalized spacial score (nSPS) is 13.7. The number of hydrogen-bond donors (Lipinski definition) is 4. The molecule has 0 atom stereocenters. The molecule has 2 heterocycles. The number of aromatic amines is 1. The second-order valence-corrected chi connectivity index (χ2v) is 9.70. The Balaban J connectivity index is 1.53. The van der Waals surface area contributed by atoms with E-state index in [0.717, 1.165) is 12.1 Å². The number of rotatable bonds is 5. The molecule has 3 amide bonds. The van der Waals surface area contributed by atoms with E-state index < -0.39 is 35.2 Å². The van der Waals surface area contributed by atoms with E-state index >= 15 is 0 Å². The molecule has 206 valence electrons. The van der Waals surface area contributed by atoms with E-state index in [4.69, 9.17) is 16.7 Å². The van der Waals surface area contributed by atoms with Crippen LogP contribution >= 0.6 is 11.6 Å². The van der Waals surface area contributed by atoms with E-state index in [1.165, 1.54) is 29.2 Å². The van der Waals surface area contributed by atoms with Crippen molar-refractivity contribution in [3.8, 4) is 0 Å². The van der Waals surface area contributed by atoms with Crippen LogP contribution in [0.5, 0.6) is 0 Å². The van der Waals surface area contributed by atoms with Crippen molar-refractivity contribution in [3.05, 3.63) is 87.7 Å². The Hall–Kier alpha value is -4.58. The first-order valence-corrected chi connectivity index (χ1v) is 12.4. The van der Waals surface area contributed by atoms with Gasteiger partial charge in [-0.1, -0.05) is 29.8 Å². The minimum Gasteiger partial charge on any atom is -0.465 e. The highest BCUT2D eigenvalue weighted by molar-refractivity contribution is 6.31. The standard InChI is InChI=1S/C27H21ClF3N5O4/c1-13-19(28)7-4-8-20(13)34-25(38)17-9-15(32-24(37)16-5-2-3-6-18(16)27(29,30)31)10-21-22(17)35-23(33-21)14-11-36(12-14)26(39)40/h2-10,14H,11-12H2,1H3,(H,32,37)(H,33,35)(H,34,38)(H,39,40). The van der Waals surface area contributed by atoms with Gasteiger partial charge in [0.1, 0.15) is 11.3 Å². The molecular formula is C27H21ClF3N5O4. The fraction of sp³-hybridized carbons (Fsp3) is 0.185. The fourth-order valence-electron chi connectivity index (χ4n) is 4.44. The van der Waals surface area contributed by atoms with Crippen LogP contribution in [0.4, 0.5) is 29.3 Å². The Morgan fingerprint density at radius 1 is 1.02 bits per heavy atom. The Morgan fingerprint density at radius 2 is 1.73 bits per heavy atom. The highest BCUT2D eigenvalue weighted by atomic mass is 35.5. The number of fused-ring (bicyclic) bond motifs is 1. The van der Waals surface area contributed by atoms with Crippen LogP contribution in [0.25, 0.3) is 11.0 Å². The minimum absolute atomic E-state index is 0.0354. The summed E-state index contributed by atoms with van der Waals surface area (Å²) in [4.78, 5) is 46.3. The number of carboxylic acid groups (broad SMARTS) is 1. The Bertz CT molecular complexity index is 1660. The largest absolute Gasteiger partial charge is 0.465 e. The van der Waals surface area contributed by atoms with Crippen LogP contribution in [-0.2, 0) is 6.18 Å². The van der Waals surface area contributed by atoms with Crippen molar-refractivity contribution in [1.82, 2.24) is 14.9 Å². The lowest BCUT2D eigenvalue weighted by Crippen LogP contribution is -2.48. The number of imidazole rings is 1. The molecule has 0 spiro atoms. The Morgan fingerprint density at radius 3 is 2.42 bits per heavy atom. The Labute approximate surface area is 230 Å². The van der Waals surface area contributed by atoms with Gasteiger partial charge in [-0.3, -0.25) is 9.59 Å². The summed E-state index contributed by atoms with van der Waals surface area (Å²) < 4.78 is 40.5. The van der Waals surface area contributed by atoms with Crippen LogP contribution < -0.4 is 10.6 Å². The zero-order chi connectivity index (χ0) is 28.8. The predicted octanol–water partition coefficient (Wildman–Crippen LogP) is 6.13. The van der Waals surface area contributed by atoms with Crippen molar-refractivity contribution in [2.45, 2.75) is 19.0 Å². The molecule has 9 nitrogen and oxygen atoms in total. The van der Waals surface area contributed by atoms with E-state index in [-0.39, 0.29) is 35.8 Å². The highest BCUT2D eigenvalue weighted by Gasteiger charge is 2.36. The monoisotopic (exact) mass is 571 g/mol. The molecule has 0 bridgehead atoms. The molecule has 0 saturated carbocycles. The maximum Gasteiger partial charge on any atom is 0.417 e. The number of halogens is 4. The summed E-state index contributed by atoms with van der Waals surface area (Å²) in [6.45, 7) is 2.13. The minimum atomic E-state index is -4.75. The molecule has 1 aliphatic heterocycles. The smallest absolute Gasteiger partial charge is 0.417 e. The van der Waals surface area contributed by atoms with Crippen molar-refractivity contribution in [3.63, 3.8) is 0 Å². The molecule has 3 aromatic carbocycles. The number of H-pyrrole nitrogens is 1. The van der Waals surface area contributed by atoms with Gasteiger partial charge in [-0.25, -0.2) is 9.78 Å². The van der Waals surface area contributed by atoms with Crippen LogP contribution in [-0.4, -0.2) is 51.0 Å². The fourth-order valence-corrected chi connectivity index (χ4v) is 4.62. The number of carbonyl (C=O) groups excluding carboxylic acids is 2. The molecule has 4 N–H and O–H groups in total. The maximum absolute atomic E-state index is 13.5. The molecule has 5 rings (SSSR count). The number of aromatic nitrogens is 2. The summed E-state index contributed by atoms with van der Waals surface area (Å²) in [7, 11) is 0. The van der Waals surface area contributed by atoms with Gasteiger partial charge in [0.2, 0.25) is 0 Å². The third-order valence-corrected chi connectivity index (χ3v) is 7.05. The van der Waals surface area contributed by atoms with E-state index in [1.807, 2.05) is 0 Å². The van der Waals surface area contributed by atoms with E-state index in [9.17, 15) is 27.6 Å². The van der Waals surface area contributed by atoms with Gasteiger partial charge in [0.15, 0.2) is 0 Å². The second kappa shape index (κ2) is 10.2. The average Bonchev–Trinajstić information content (AvgIpc) is 3.28. The van der Waals surface area contributed by atoms with Crippen molar-refractivity contribution in [2.24, 2.45) is 0 Å². The first kappa shape index (κ1) is 27.0. The Kier molecular flexibility index (Phi) is 6.88. The predicted molar refractivity (Wildman–Crippen MR) is 142 cm³/mol. The number of anilines is 2. The van der Waals surface area contributed by atoms with Crippen molar-refractivity contribution in [2.75, 3.05) is 23.7 Å². The average molecular weight is 572 g/mol. The first-order chi connectivity index (χ1) is 18.9. The molecule has 13 heteroatoms. The summed E-state index contributed by atoms with van der Waals surface area (Å²) in [5.74, 6) is -1.42. The summed E-state index contributed by atoms with van der Waals surface area (Å²) in [5.41, 5.74) is 0.0443. The summed E-state index contributed by atoms with van der Waals surface area (Å²) in [6, 6.07) is 12.1. The number of carbonyl (C=O) groups is 3. The van der Waals surface area contributed by atoms with Crippen LogP contribution in [0.15, 0.2) is 54.6 Å². The zero-order valence-electron chi connectivity index (χ0n) is 20.8. The van der Waals surface area contributed by atoms with E-state index in [0.29, 0.717) is 27.6 Å². The molecule has 0 aliphatic carbocycles. The number of nitrogens with one attached hydrogen (secondary N) is 3. The lowest BCUT2D eigenvalue weighted by atomic mass is 10.0. The lowest BCUT2D eigenvalue weighted by Gasteiger charge is -2.35. The summed E-state index contributed by atoms with van der Waals surface area (Å²) in [5, 5.41) is 14.8. The number of hydrogen-bond acceptors (Lipinski definition) is 4. The van der Waals surface area contributed by atoms with Gasteiger partial charge in [0.25, 0.3) is 11.8 Å². The second-order valence-electron chi connectivity index (χ2n) is 9.29. The van der Waals surface area contributed by atoms with E-state index in [1.54, 1.807) is 25.1 Å². The molecule has 0 unspecified atom stereocenters. The van der Waals surface area contributed by atoms with Gasteiger partial charge in [-0.05, 0) is 48.9 Å². The van der Waals surface area contributed by atoms with Gasteiger partial charge in [-0.2, -0.15) is 13.2 Å². The van der Waals surface area contributed by atoms with Crippen LogP contribution in [0.1, 0.15) is 43.6 Å². The summed E-state index contributed by atoms with van der Waals surface area (Å²) >= 11 is 6.18. The molecule has 4 aromatic rings. The quantitative estimate of drug-likeness (QED) is 0.229. The molecule has 1 saturated heterocycles. The SMILES string of the molecule is Cc1c(Cl)cccc1NC(=O)c1cc(NC(=O)c2ccccc2C(F)(F)F)cc2[nH]c(C3CN(C(=O)O)C3)nc12. The summed E-state index contributed by atoms with van der Waals surface area (Å²) in [6.07, 6.45) is -5.81. The molecule has 40 heavy (non-hydrogen) atoms. The first-order valence-electron chi connectivity index (χ1n) is 12.0. The lowest BCUT2D eigenvalue weighted by molar-refractivity contribution is -0.137. The molecule has 1 aliphatic rings. The van der Waals surface area contributed by atoms with Gasteiger partial charge < -0.3 is 25.6 Å². The number of amides is 3. The number of likely N-dealkylation sites (tertiary alicyclic amines) is 1. The topological polar surface area (TPSA) is 127 Å². The van der Waals surface area contributed by atoms with Crippen LogP contribution in [0.3, 0.4) is 0 Å². The third kappa shape index (κ3) is 5.17. The highest BCUT2D eigenvalue weighted by Crippen LogP contribution is 2.34. The van der Waals surface area contributed by atoms with Gasteiger partial charge >= 0.3 is 12.3 Å². The molecule has 0 radical (unpaired) electrons. The van der Waals surface area contributed by atoms with Gasteiger partial charge in [0, 0.05) is 29.5 Å². The van der Waals surface area contributed by atoms with Gasteiger partial charge in [0.05, 0.1) is 28.1 Å². The van der Waals surface area contributed by atoms with Gasteiger partial charge in [-0.15, -0.1) is 0 Å². The number of alkyl halides is 3. The maximum atomic E-state index is 13.5. The van der Waals surface area contributed by atoms with Crippen LogP contribution in [0, 0.1) is 6.92 Å². The molecule has 1 fully saturated rings. The molecule has 1 aromatic heterocycles. The number of nitrogens with zero attached hydrogens (tertiary/aromatic N) is 2. The van der Waals surface area contributed by atoms with Crippen molar-refractivity contribution >= 4 is 51.9 Å². The number of benzene rings is 3. The third-order valence-electron chi connectivity index (χ3n) is 6.64.